The first kappa shape index (κ1) is 14.1. The largest absolute Gasteiger partial charge is 0.330 e. The van der Waals surface area contributed by atoms with E-state index in [9.17, 15) is 0 Å². The minimum absolute atomic E-state index is 0.494. The van der Waals surface area contributed by atoms with Crippen LogP contribution in [0.25, 0.3) is 0 Å². The van der Waals surface area contributed by atoms with Gasteiger partial charge in [-0.25, -0.2) is 0 Å². The highest BCUT2D eigenvalue weighted by molar-refractivity contribution is 9.10. The maximum atomic E-state index is 5.86. The zero-order chi connectivity index (χ0) is 11.8. The second-order valence-electron chi connectivity index (χ2n) is 3.79. The van der Waals surface area contributed by atoms with E-state index in [0.717, 1.165) is 6.54 Å². The lowest BCUT2D eigenvalue weighted by Gasteiger charge is -2.16. The highest BCUT2D eigenvalue weighted by Gasteiger charge is 2.11. The van der Waals surface area contributed by atoms with Crippen LogP contribution in [0, 0.1) is 0 Å². The fraction of sp³-hybridized carbons (Fsp3) is 0.538. The Morgan fingerprint density at radius 3 is 2.75 bits per heavy atom. The molecule has 0 aliphatic carbocycles. The number of hydrogen-bond acceptors (Lipinski definition) is 2. The lowest BCUT2D eigenvalue weighted by Crippen LogP contribution is -2.13. The van der Waals surface area contributed by atoms with Crippen LogP contribution >= 0.6 is 27.7 Å². The minimum atomic E-state index is 0.494. The predicted molar refractivity (Wildman–Crippen MR) is 78.2 cm³/mol. The zero-order valence-electron chi connectivity index (χ0n) is 9.79. The van der Waals surface area contributed by atoms with Gasteiger partial charge in [0.15, 0.2) is 0 Å². The van der Waals surface area contributed by atoms with E-state index in [4.69, 9.17) is 5.73 Å². The normalized spacial score (nSPS) is 12.7. The molecule has 1 unspecified atom stereocenters. The van der Waals surface area contributed by atoms with E-state index in [1.165, 1.54) is 34.4 Å². The Morgan fingerprint density at radius 2 is 2.12 bits per heavy atom. The molecule has 0 amide bonds. The van der Waals surface area contributed by atoms with Gasteiger partial charge < -0.3 is 5.73 Å². The average Bonchev–Trinajstić information content (AvgIpc) is 2.31. The Kier molecular flexibility index (Phi) is 7.17. The molecule has 0 spiro atoms. The minimum Gasteiger partial charge on any atom is -0.330 e. The van der Waals surface area contributed by atoms with Gasteiger partial charge in [0.25, 0.3) is 0 Å². The van der Waals surface area contributed by atoms with Gasteiger partial charge in [-0.05, 0) is 48.4 Å². The Balaban J connectivity index is 2.51. The number of benzene rings is 1. The van der Waals surface area contributed by atoms with Crippen molar-refractivity contribution in [2.45, 2.75) is 25.7 Å². The molecule has 0 aliphatic heterocycles. The Hall–Kier alpha value is 0.01000. The van der Waals surface area contributed by atoms with Gasteiger partial charge in [0, 0.05) is 4.47 Å². The molecular formula is C13H20BrNS. The van der Waals surface area contributed by atoms with Crippen LogP contribution in [-0.2, 0) is 0 Å². The fourth-order valence-corrected chi connectivity index (χ4v) is 3.05. The van der Waals surface area contributed by atoms with Crippen molar-refractivity contribution in [1.29, 1.82) is 0 Å². The molecule has 1 atom stereocenters. The van der Waals surface area contributed by atoms with Crippen LogP contribution < -0.4 is 5.73 Å². The first-order valence-electron chi connectivity index (χ1n) is 5.81. The highest BCUT2D eigenvalue weighted by atomic mass is 79.9. The summed E-state index contributed by atoms with van der Waals surface area (Å²) in [5.41, 5.74) is 7.21. The van der Waals surface area contributed by atoms with Crippen LogP contribution in [0.4, 0.5) is 0 Å². The monoisotopic (exact) mass is 301 g/mol. The van der Waals surface area contributed by atoms with E-state index < -0.39 is 0 Å². The number of halogens is 1. The van der Waals surface area contributed by atoms with E-state index in [1.807, 2.05) is 17.8 Å². The lowest BCUT2D eigenvalue weighted by atomic mass is 9.95. The summed E-state index contributed by atoms with van der Waals surface area (Å²) in [6, 6.07) is 8.41. The molecule has 0 bridgehead atoms. The molecule has 1 nitrogen and oxygen atoms in total. The summed E-state index contributed by atoms with van der Waals surface area (Å²) >= 11 is 5.61. The quantitative estimate of drug-likeness (QED) is 0.770. The molecule has 16 heavy (non-hydrogen) atoms. The van der Waals surface area contributed by atoms with Crippen molar-refractivity contribution in [3.8, 4) is 0 Å². The van der Waals surface area contributed by atoms with Crippen molar-refractivity contribution in [3.63, 3.8) is 0 Å². The highest BCUT2D eigenvalue weighted by Crippen LogP contribution is 2.27. The van der Waals surface area contributed by atoms with Gasteiger partial charge in [-0.3, -0.25) is 0 Å². The molecule has 1 aromatic rings. The summed E-state index contributed by atoms with van der Waals surface area (Å²) in [6.45, 7) is 2.94. The second kappa shape index (κ2) is 8.15. The number of nitrogens with two attached hydrogens (primary N) is 1. The molecule has 2 N–H and O–H groups in total. The van der Waals surface area contributed by atoms with Crippen molar-refractivity contribution in [1.82, 2.24) is 0 Å². The first-order chi connectivity index (χ1) is 7.79. The molecule has 0 heterocycles. The third-order valence-electron chi connectivity index (χ3n) is 2.67. The molecule has 3 heteroatoms. The third kappa shape index (κ3) is 4.48. The molecule has 90 valence electrons. The second-order valence-corrected chi connectivity index (χ2v) is 6.04. The van der Waals surface area contributed by atoms with Gasteiger partial charge in [0.05, 0.1) is 0 Å². The van der Waals surface area contributed by atoms with E-state index in [1.54, 1.807) is 0 Å². The lowest BCUT2D eigenvalue weighted by molar-refractivity contribution is 0.623. The summed E-state index contributed by atoms with van der Waals surface area (Å²) in [4.78, 5) is 0. The van der Waals surface area contributed by atoms with E-state index in [2.05, 4.69) is 41.1 Å². The summed E-state index contributed by atoms with van der Waals surface area (Å²) in [6.07, 6.45) is 2.44. The Morgan fingerprint density at radius 1 is 1.38 bits per heavy atom. The van der Waals surface area contributed by atoms with Crippen LogP contribution in [0.15, 0.2) is 28.7 Å². The zero-order valence-corrected chi connectivity index (χ0v) is 12.2. The van der Waals surface area contributed by atoms with Gasteiger partial charge in [-0.15, -0.1) is 0 Å². The van der Waals surface area contributed by atoms with Crippen LogP contribution in [-0.4, -0.2) is 18.1 Å². The van der Waals surface area contributed by atoms with Crippen molar-refractivity contribution < 1.29 is 0 Å². The molecule has 0 aliphatic rings. The molecule has 1 rings (SSSR count). The summed E-state index contributed by atoms with van der Waals surface area (Å²) in [5, 5.41) is 0. The predicted octanol–water partition coefficient (Wildman–Crippen LogP) is 4.02. The molecule has 0 saturated heterocycles. The number of thioether (sulfide) groups is 1. The molecule has 0 saturated carbocycles. The van der Waals surface area contributed by atoms with Gasteiger partial charge in [-0.1, -0.05) is 41.1 Å². The number of rotatable bonds is 7. The van der Waals surface area contributed by atoms with Gasteiger partial charge in [0.2, 0.25) is 0 Å². The molecule has 0 fully saturated rings. The standard InChI is InChI=1S/C13H20BrNS/c1-2-16-9-5-6-11(10-15)12-7-3-4-8-13(12)14/h3-4,7-8,11H,2,5-6,9-10,15H2,1H3. The van der Waals surface area contributed by atoms with Crippen LogP contribution in [0.2, 0.25) is 0 Å². The fourth-order valence-electron chi connectivity index (χ4n) is 1.78. The van der Waals surface area contributed by atoms with Crippen molar-refractivity contribution in [2.75, 3.05) is 18.1 Å². The van der Waals surface area contributed by atoms with Crippen molar-refractivity contribution in [3.05, 3.63) is 34.3 Å². The van der Waals surface area contributed by atoms with Crippen LogP contribution in [0.1, 0.15) is 31.2 Å². The van der Waals surface area contributed by atoms with E-state index >= 15 is 0 Å². The molecule has 0 radical (unpaired) electrons. The van der Waals surface area contributed by atoms with E-state index in [-0.39, 0.29) is 0 Å². The maximum Gasteiger partial charge on any atom is 0.0210 e. The summed E-state index contributed by atoms with van der Waals surface area (Å²) < 4.78 is 1.19. The van der Waals surface area contributed by atoms with Crippen molar-refractivity contribution in [2.24, 2.45) is 5.73 Å². The molecule has 1 aromatic carbocycles. The SMILES string of the molecule is CCSCCCC(CN)c1ccccc1Br. The Labute approximate surface area is 111 Å². The Bertz CT molecular complexity index is 304. The summed E-state index contributed by atoms with van der Waals surface area (Å²) in [5.74, 6) is 2.95. The van der Waals surface area contributed by atoms with Crippen LogP contribution in [0.3, 0.4) is 0 Å². The number of hydrogen-bond donors (Lipinski definition) is 1. The summed E-state index contributed by atoms with van der Waals surface area (Å²) in [7, 11) is 0. The topological polar surface area (TPSA) is 26.0 Å². The molecular weight excluding hydrogens is 282 g/mol. The van der Waals surface area contributed by atoms with Crippen molar-refractivity contribution >= 4 is 27.7 Å². The average molecular weight is 302 g/mol. The van der Waals surface area contributed by atoms with E-state index in [0.29, 0.717) is 5.92 Å². The van der Waals surface area contributed by atoms with Gasteiger partial charge >= 0.3 is 0 Å². The van der Waals surface area contributed by atoms with Gasteiger partial charge in [-0.2, -0.15) is 11.8 Å². The van der Waals surface area contributed by atoms with Gasteiger partial charge in [0.1, 0.15) is 0 Å². The third-order valence-corrected chi connectivity index (χ3v) is 4.38. The smallest absolute Gasteiger partial charge is 0.0210 e. The van der Waals surface area contributed by atoms with Crippen LogP contribution in [0.5, 0.6) is 0 Å². The molecule has 0 aromatic heterocycles. The maximum absolute atomic E-state index is 5.86. The first-order valence-corrected chi connectivity index (χ1v) is 7.76.